The Morgan fingerprint density at radius 3 is 2.48 bits per heavy atom. The minimum atomic E-state index is -3.68. The molecule has 0 unspecified atom stereocenters. The largest absolute Gasteiger partial charge is 0.484 e. The van der Waals surface area contributed by atoms with E-state index in [-0.39, 0.29) is 17.4 Å². The molecule has 0 aliphatic rings. The molecule has 2 N–H and O–H groups in total. The predicted molar refractivity (Wildman–Crippen MR) is 97.2 cm³/mol. The molecule has 0 aliphatic carbocycles. The molecule has 2 aromatic rings. The lowest BCUT2D eigenvalue weighted by molar-refractivity contribution is -0.123. The van der Waals surface area contributed by atoms with Crippen molar-refractivity contribution < 1.29 is 17.9 Å². The second-order valence-corrected chi connectivity index (χ2v) is 7.22. The molecule has 0 saturated carbocycles. The summed E-state index contributed by atoms with van der Waals surface area (Å²) in [7, 11) is -3.68. The number of hydrogen-bond donors (Lipinski definition) is 2. The van der Waals surface area contributed by atoms with E-state index in [1.54, 1.807) is 37.3 Å². The molecule has 0 radical (unpaired) electrons. The van der Waals surface area contributed by atoms with E-state index in [1.165, 1.54) is 12.1 Å². The van der Waals surface area contributed by atoms with Gasteiger partial charge in [-0.1, -0.05) is 25.1 Å². The van der Waals surface area contributed by atoms with Gasteiger partial charge in [-0.05, 0) is 49.2 Å². The number of para-hydroxylation sites is 1. The highest BCUT2D eigenvalue weighted by molar-refractivity contribution is 7.92. The van der Waals surface area contributed by atoms with Crippen molar-refractivity contribution in [3.05, 3.63) is 54.1 Å². The zero-order valence-corrected chi connectivity index (χ0v) is 15.1. The molecule has 0 heterocycles. The van der Waals surface area contributed by atoms with Crippen molar-refractivity contribution in [1.82, 2.24) is 5.32 Å². The second-order valence-electron chi connectivity index (χ2n) is 5.54. The van der Waals surface area contributed by atoms with Gasteiger partial charge in [0.1, 0.15) is 5.75 Å². The highest BCUT2D eigenvalue weighted by atomic mass is 32.2. The Hall–Kier alpha value is -2.54. The van der Waals surface area contributed by atoms with E-state index in [0.29, 0.717) is 23.5 Å². The monoisotopic (exact) mass is 362 g/mol. The number of carbonyl (C=O) groups excluding carboxylic acids is 1. The van der Waals surface area contributed by atoms with Crippen LogP contribution in [0.15, 0.2) is 53.4 Å². The average Bonchev–Trinajstić information content (AvgIpc) is 2.59. The van der Waals surface area contributed by atoms with Gasteiger partial charge in [0.15, 0.2) is 6.61 Å². The number of hydrogen-bond acceptors (Lipinski definition) is 4. The first kappa shape index (κ1) is 18.8. The second kappa shape index (κ2) is 8.53. The van der Waals surface area contributed by atoms with Crippen molar-refractivity contribution in [2.75, 3.05) is 17.9 Å². The highest BCUT2D eigenvalue weighted by Gasteiger charge is 2.16. The van der Waals surface area contributed by atoms with Gasteiger partial charge in [0.25, 0.3) is 15.9 Å². The van der Waals surface area contributed by atoms with Crippen LogP contribution < -0.4 is 14.8 Å². The topological polar surface area (TPSA) is 84.5 Å². The molecule has 6 nitrogen and oxygen atoms in total. The average molecular weight is 362 g/mol. The Morgan fingerprint density at radius 1 is 1.12 bits per heavy atom. The van der Waals surface area contributed by atoms with Crippen LogP contribution in [0.3, 0.4) is 0 Å². The summed E-state index contributed by atoms with van der Waals surface area (Å²) in [5, 5.41) is 2.72. The maximum Gasteiger partial charge on any atom is 0.261 e. The van der Waals surface area contributed by atoms with E-state index in [0.717, 1.165) is 6.42 Å². The quantitative estimate of drug-likeness (QED) is 0.756. The standard InChI is InChI=1S/C18H22N2O4S/c1-3-11-19-18(21)13-24-17-10-9-16(12-14(17)2)25(22,23)20-15-7-5-4-6-8-15/h4-10,12,20H,3,11,13H2,1-2H3,(H,19,21). The van der Waals surface area contributed by atoms with Crippen LogP contribution in [0.2, 0.25) is 0 Å². The summed E-state index contributed by atoms with van der Waals surface area (Å²) in [5.41, 5.74) is 1.13. The molecule has 2 rings (SSSR count). The van der Waals surface area contributed by atoms with Crippen molar-refractivity contribution in [3.63, 3.8) is 0 Å². The molecule has 1 amide bonds. The Balaban J connectivity index is 2.06. The fourth-order valence-corrected chi connectivity index (χ4v) is 3.27. The van der Waals surface area contributed by atoms with Gasteiger partial charge in [-0.2, -0.15) is 0 Å². The summed E-state index contributed by atoms with van der Waals surface area (Å²) in [6, 6.07) is 13.2. The number of sulfonamides is 1. The summed E-state index contributed by atoms with van der Waals surface area (Å²) < 4.78 is 32.8. The minimum absolute atomic E-state index is 0.102. The zero-order chi connectivity index (χ0) is 18.3. The number of carbonyl (C=O) groups is 1. The molecule has 0 bridgehead atoms. The molecule has 25 heavy (non-hydrogen) atoms. The van der Waals surface area contributed by atoms with Crippen LogP contribution in [0.1, 0.15) is 18.9 Å². The van der Waals surface area contributed by atoms with E-state index in [2.05, 4.69) is 10.0 Å². The van der Waals surface area contributed by atoms with Crippen molar-refractivity contribution in [2.24, 2.45) is 0 Å². The summed E-state index contributed by atoms with van der Waals surface area (Å²) in [6.45, 7) is 4.20. The maximum atomic E-state index is 12.4. The van der Waals surface area contributed by atoms with Crippen molar-refractivity contribution in [3.8, 4) is 5.75 Å². The van der Waals surface area contributed by atoms with Gasteiger partial charge >= 0.3 is 0 Å². The highest BCUT2D eigenvalue weighted by Crippen LogP contribution is 2.23. The smallest absolute Gasteiger partial charge is 0.261 e. The fourth-order valence-electron chi connectivity index (χ4n) is 2.13. The van der Waals surface area contributed by atoms with Gasteiger partial charge in [0.2, 0.25) is 0 Å². The van der Waals surface area contributed by atoms with Gasteiger partial charge in [0.05, 0.1) is 4.90 Å². The first-order valence-electron chi connectivity index (χ1n) is 8.00. The Morgan fingerprint density at radius 2 is 1.84 bits per heavy atom. The van der Waals surface area contributed by atoms with Crippen LogP contribution in [0.5, 0.6) is 5.75 Å². The zero-order valence-electron chi connectivity index (χ0n) is 14.3. The van der Waals surface area contributed by atoms with Gasteiger partial charge < -0.3 is 10.1 Å². The molecule has 0 aliphatic heterocycles. The van der Waals surface area contributed by atoms with Crippen LogP contribution >= 0.6 is 0 Å². The Labute approximate surface area is 148 Å². The van der Waals surface area contributed by atoms with Gasteiger partial charge in [0, 0.05) is 12.2 Å². The number of nitrogens with one attached hydrogen (secondary N) is 2. The number of rotatable bonds is 8. The van der Waals surface area contributed by atoms with Crippen LogP contribution in [0, 0.1) is 6.92 Å². The third kappa shape index (κ3) is 5.49. The van der Waals surface area contributed by atoms with Gasteiger partial charge in [-0.25, -0.2) is 8.42 Å². The van der Waals surface area contributed by atoms with E-state index < -0.39 is 10.0 Å². The first-order chi connectivity index (χ1) is 11.9. The molecule has 0 aromatic heterocycles. The minimum Gasteiger partial charge on any atom is -0.484 e. The lowest BCUT2D eigenvalue weighted by Gasteiger charge is -2.12. The molecule has 2 aromatic carbocycles. The molecule has 7 heteroatoms. The van der Waals surface area contributed by atoms with Gasteiger partial charge in [-0.3, -0.25) is 9.52 Å². The van der Waals surface area contributed by atoms with Crippen LogP contribution in [-0.2, 0) is 14.8 Å². The van der Waals surface area contributed by atoms with E-state index in [9.17, 15) is 13.2 Å². The third-order valence-corrected chi connectivity index (χ3v) is 4.79. The van der Waals surface area contributed by atoms with Crippen LogP contribution in [-0.4, -0.2) is 27.5 Å². The van der Waals surface area contributed by atoms with E-state index >= 15 is 0 Å². The first-order valence-corrected chi connectivity index (χ1v) is 9.48. The summed E-state index contributed by atoms with van der Waals surface area (Å²) in [5.74, 6) is 0.272. The molecule has 0 atom stereocenters. The van der Waals surface area contributed by atoms with Crippen LogP contribution in [0.4, 0.5) is 5.69 Å². The van der Waals surface area contributed by atoms with Crippen LogP contribution in [0.25, 0.3) is 0 Å². The van der Waals surface area contributed by atoms with Crippen molar-refractivity contribution >= 4 is 21.6 Å². The lowest BCUT2D eigenvalue weighted by atomic mass is 10.2. The molecule has 0 saturated heterocycles. The van der Waals surface area contributed by atoms with Crippen molar-refractivity contribution in [1.29, 1.82) is 0 Å². The third-order valence-electron chi connectivity index (χ3n) is 3.41. The summed E-state index contributed by atoms with van der Waals surface area (Å²) >= 11 is 0. The number of benzene rings is 2. The predicted octanol–water partition coefficient (Wildman–Crippen LogP) is 2.70. The lowest BCUT2D eigenvalue weighted by Crippen LogP contribution is -2.29. The summed E-state index contributed by atoms with van der Waals surface area (Å²) in [6.07, 6.45) is 0.853. The maximum absolute atomic E-state index is 12.4. The van der Waals surface area contributed by atoms with E-state index in [4.69, 9.17) is 4.74 Å². The van der Waals surface area contributed by atoms with Crippen molar-refractivity contribution in [2.45, 2.75) is 25.2 Å². The fraction of sp³-hybridized carbons (Fsp3) is 0.278. The Bertz CT molecular complexity index is 820. The number of aryl methyl sites for hydroxylation is 1. The number of amides is 1. The number of ether oxygens (including phenoxy) is 1. The van der Waals surface area contributed by atoms with E-state index in [1.807, 2.05) is 13.0 Å². The number of anilines is 1. The SMILES string of the molecule is CCCNC(=O)COc1ccc(S(=O)(=O)Nc2ccccc2)cc1C. The normalized spacial score (nSPS) is 11.0. The van der Waals surface area contributed by atoms with Gasteiger partial charge in [-0.15, -0.1) is 0 Å². The molecule has 134 valence electrons. The molecule has 0 spiro atoms. The molecular formula is C18H22N2O4S. The molecule has 0 fully saturated rings. The Kier molecular flexibility index (Phi) is 6.41. The summed E-state index contributed by atoms with van der Waals surface area (Å²) in [4.78, 5) is 11.7. The molecular weight excluding hydrogens is 340 g/mol.